The zero-order valence-electron chi connectivity index (χ0n) is 23.1. The normalized spacial score (nSPS) is 45.2. The standard InChI is InChI=1S/C30H48F6O2/c1-3-4-5-6-19-7-12-28(37-17-19)21-10-8-20(9-11-21)22-13-26(33)29(27(34)14-22)30(35,36)38-23-15-24(31)18(2)25(32)16-23/h18-29H,3-17H2,1-2H3. The molecule has 222 valence electrons. The van der Waals surface area contributed by atoms with Crippen LogP contribution in [-0.4, -0.2) is 49.6 Å². The summed E-state index contributed by atoms with van der Waals surface area (Å²) < 4.78 is 99.1. The monoisotopic (exact) mass is 554 g/mol. The summed E-state index contributed by atoms with van der Waals surface area (Å²) in [6.07, 6.45) is -2.62. The van der Waals surface area contributed by atoms with E-state index in [1.54, 1.807) is 0 Å². The quantitative estimate of drug-likeness (QED) is 0.209. The second-order valence-corrected chi connectivity index (χ2v) is 12.9. The van der Waals surface area contributed by atoms with Gasteiger partial charge in [-0.05, 0) is 81.5 Å². The van der Waals surface area contributed by atoms with Gasteiger partial charge in [0, 0.05) is 25.4 Å². The maximum Gasteiger partial charge on any atom is 0.364 e. The molecule has 0 bridgehead atoms. The van der Waals surface area contributed by atoms with Crippen LogP contribution in [0.5, 0.6) is 0 Å². The van der Waals surface area contributed by atoms with Gasteiger partial charge >= 0.3 is 6.11 Å². The zero-order valence-corrected chi connectivity index (χ0v) is 23.1. The van der Waals surface area contributed by atoms with Crippen LogP contribution in [-0.2, 0) is 9.47 Å². The number of rotatable bonds is 9. The number of alkyl halides is 6. The molecule has 3 saturated carbocycles. The maximum atomic E-state index is 15.1. The van der Waals surface area contributed by atoms with E-state index in [4.69, 9.17) is 9.47 Å². The van der Waals surface area contributed by atoms with Crippen molar-refractivity contribution in [3.63, 3.8) is 0 Å². The van der Waals surface area contributed by atoms with Gasteiger partial charge in [0.15, 0.2) is 0 Å². The highest BCUT2D eigenvalue weighted by Gasteiger charge is 2.56. The maximum absolute atomic E-state index is 15.1. The lowest BCUT2D eigenvalue weighted by molar-refractivity contribution is -0.323. The molecule has 0 spiro atoms. The third kappa shape index (κ3) is 7.41. The van der Waals surface area contributed by atoms with Gasteiger partial charge in [0.1, 0.15) is 30.6 Å². The first-order valence-corrected chi connectivity index (χ1v) is 15.3. The lowest BCUT2D eigenvalue weighted by Gasteiger charge is -2.44. The Hall–Kier alpha value is -0.500. The first-order chi connectivity index (χ1) is 18.1. The van der Waals surface area contributed by atoms with Crippen LogP contribution in [0.15, 0.2) is 0 Å². The molecular weight excluding hydrogens is 506 g/mol. The third-order valence-corrected chi connectivity index (χ3v) is 10.3. The fraction of sp³-hybridized carbons (Fsp3) is 1.00. The zero-order chi connectivity index (χ0) is 27.4. The SMILES string of the molecule is CCCCCC1CCC(C2CCC(C3CC(F)C(C(F)(F)OC4CC(F)C(C)C(F)C4)C(F)C3)CC2)OC1. The molecular formula is C30H48F6O2. The van der Waals surface area contributed by atoms with Gasteiger partial charge < -0.3 is 9.47 Å². The van der Waals surface area contributed by atoms with Crippen molar-refractivity contribution in [1.29, 1.82) is 0 Å². The van der Waals surface area contributed by atoms with Gasteiger partial charge in [-0.3, -0.25) is 0 Å². The van der Waals surface area contributed by atoms with Gasteiger partial charge in [-0.2, -0.15) is 8.78 Å². The van der Waals surface area contributed by atoms with Crippen LogP contribution in [0, 0.1) is 35.5 Å². The minimum absolute atomic E-state index is 0.113. The van der Waals surface area contributed by atoms with Crippen molar-refractivity contribution in [1.82, 2.24) is 0 Å². The molecule has 1 heterocycles. The summed E-state index contributed by atoms with van der Waals surface area (Å²) in [5.74, 6) is -2.14. The number of hydrogen-bond donors (Lipinski definition) is 0. The number of halogens is 6. The van der Waals surface area contributed by atoms with Crippen molar-refractivity contribution in [3.05, 3.63) is 0 Å². The van der Waals surface area contributed by atoms with E-state index in [-0.39, 0.29) is 43.6 Å². The van der Waals surface area contributed by atoms with E-state index in [9.17, 15) is 17.6 Å². The van der Waals surface area contributed by atoms with Crippen LogP contribution in [0.1, 0.15) is 104 Å². The highest BCUT2D eigenvalue weighted by molar-refractivity contribution is 4.95. The van der Waals surface area contributed by atoms with Crippen LogP contribution < -0.4 is 0 Å². The smallest absolute Gasteiger partial charge is 0.364 e. The molecule has 4 fully saturated rings. The van der Waals surface area contributed by atoms with Gasteiger partial charge in [-0.15, -0.1) is 0 Å². The van der Waals surface area contributed by atoms with E-state index in [0.717, 1.165) is 38.7 Å². The molecule has 0 aromatic carbocycles. The van der Waals surface area contributed by atoms with E-state index in [1.807, 2.05) is 0 Å². The van der Waals surface area contributed by atoms with E-state index in [1.165, 1.54) is 39.0 Å². The molecule has 0 N–H and O–H groups in total. The lowest BCUT2D eigenvalue weighted by atomic mass is 9.67. The Balaban J connectivity index is 1.23. The van der Waals surface area contributed by atoms with Crippen LogP contribution in [0.4, 0.5) is 26.3 Å². The Kier molecular flexibility index (Phi) is 10.8. The van der Waals surface area contributed by atoms with Crippen molar-refractivity contribution >= 4 is 0 Å². The highest BCUT2D eigenvalue weighted by Crippen LogP contribution is 2.49. The van der Waals surface area contributed by atoms with Gasteiger partial charge in [-0.1, -0.05) is 33.1 Å². The second-order valence-electron chi connectivity index (χ2n) is 12.9. The van der Waals surface area contributed by atoms with Crippen molar-refractivity contribution in [2.75, 3.05) is 6.61 Å². The molecule has 0 amide bonds. The highest BCUT2D eigenvalue weighted by atomic mass is 19.3. The third-order valence-electron chi connectivity index (χ3n) is 10.3. The summed E-state index contributed by atoms with van der Waals surface area (Å²) in [5.41, 5.74) is 0. The van der Waals surface area contributed by atoms with Crippen LogP contribution >= 0.6 is 0 Å². The first-order valence-electron chi connectivity index (χ1n) is 15.3. The molecule has 6 atom stereocenters. The molecule has 6 unspecified atom stereocenters. The number of ether oxygens (including phenoxy) is 2. The summed E-state index contributed by atoms with van der Waals surface area (Å²) >= 11 is 0. The number of unbranched alkanes of at least 4 members (excludes halogenated alkanes) is 2. The lowest BCUT2D eigenvalue weighted by Crippen LogP contribution is -2.51. The molecule has 0 aromatic heterocycles. The largest absolute Gasteiger partial charge is 0.378 e. The fourth-order valence-corrected chi connectivity index (χ4v) is 7.75. The minimum atomic E-state index is -4.10. The summed E-state index contributed by atoms with van der Waals surface area (Å²) in [6, 6.07) is 0. The molecule has 3 aliphatic carbocycles. The fourth-order valence-electron chi connectivity index (χ4n) is 7.75. The molecule has 8 heteroatoms. The molecule has 4 rings (SSSR count). The van der Waals surface area contributed by atoms with Crippen molar-refractivity contribution < 1.29 is 35.8 Å². The van der Waals surface area contributed by atoms with Gasteiger partial charge in [0.25, 0.3) is 0 Å². The van der Waals surface area contributed by atoms with Crippen LogP contribution in [0.3, 0.4) is 0 Å². The van der Waals surface area contributed by atoms with Gasteiger partial charge in [-0.25, -0.2) is 17.6 Å². The van der Waals surface area contributed by atoms with E-state index < -0.39 is 48.7 Å². The summed E-state index contributed by atoms with van der Waals surface area (Å²) in [4.78, 5) is 0. The molecule has 38 heavy (non-hydrogen) atoms. The van der Waals surface area contributed by atoms with Crippen molar-refractivity contribution in [2.24, 2.45) is 35.5 Å². The van der Waals surface area contributed by atoms with Gasteiger partial charge in [0.05, 0.1) is 12.2 Å². The Morgan fingerprint density at radius 3 is 1.89 bits per heavy atom. The summed E-state index contributed by atoms with van der Waals surface area (Å²) in [6.45, 7) is 4.44. The van der Waals surface area contributed by atoms with Crippen molar-refractivity contribution in [3.8, 4) is 0 Å². The molecule has 1 saturated heterocycles. The molecule has 4 aliphatic rings. The van der Waals surface area contributed by atoms with E-state index in [2.05, 4.69) is 6.92 Å². The summed E-state index contributed by atoms with van der Waals surface area (Å²) in [7, 11) is 0. The predicted molar refractivity (Wildman–Crippen MR) is 136 cm³/mol. The summed E-state index contributed by atoms with van der Waals surface area (Å²) in [5, 5.41) is 0. The van der Waals surface area contributed by atoms with Crippen LogP contribution in [0.2, 0.25) is 0 Å². The average molecular weight is 555 g/mol. The first kappa shape index (κ1) is 30.5. The minimum Gasteiger partial charge on any atom is -0.378 e. The number of hydrogen-bond acceptors (Lipinski definition) is 2. The van der Waals surface area contributed by atoms with Crippen molar-refractivity contribution in [2.45, 2.75) is 147 Å². The Labute approximate surface area is 225 Å². The average Bonchev–Trinajstić information content (AvgIpc) is 2.87. The Bertz CT molecular complexity index is 685. The van der Waals surface area contributed by atoms with E-state index >= 15 is 8.78 Å². The van der Waals surface area contributed by atoms with E-state index in [0.29, 0.717) is 11.8 Å². The molecule has 0 radical (unpaired) electrons. The molecule has 0 aromatic rings. The van der Waals surface area contributed by atoms with Crippen LogP contribution in [0.25, 0.3) is 0 Å². The second kappa shape index (κ2) is 13.4. The molecule has 1 aliphatic heterocycles. The predicted octanol–water partition coefficient (Wildman–Crippen LogP) is 8.95. The Morgan fingerprint density at radius 1 is 0.737 bits per heavy atom. The molecule has 2 nitrogen and oxygen atoms in total. The van der Waals surface area contributed by atoms with Gasteiger partial charge in [0.2, 0.25) is 0 Å². The Morgan fingerprint density at radius 2 is 1.34 bits per heavy atom. The topological polar surface area (TPSA) is 18.5 Å².